The summed E-state index contributed by atoms with van der Waals surface area (Å²) in [6, 6.07) is 10.3. The van der Waals surface area contributed by atoms with Crippen molar-refractivity contribution in [1.29, 1.82) is 0 Å². The van der Waals surface area contributed by atoms with Crippen LogP contribution in [0.3, 0.4) is 0 Å². The number of anilines is 2. The Morgan fingerprint density at radius 3 is 2.79 bits per heavy atom. The molecule has 0 aliphatic carbocycles. The average molecular weight is 276 g/mol. The Bertz CT molecular complexity index is 613. The van der Waals surface area contributed by atoms with E-state index in [9.17, 15) is 4.79 Å². The molecule has 0 unspecified atom stereocenters. The van der Waals surface area contributed by atoms with Gasteiger partial charge < -0.3 is 11.1 Å². The average Bonchev–Trinajstić information content (AvgIpc) is 2.40. The van der Waals surface area contributed by atoms with Crippen molar-refractivity contribution in [1.82, 2.24) is 4.98 Å². The molecule has 0 aliphatic rings. The molecule has 0 aliphatic heterocycles. The van der Waals surface area contributed by atoms with Gasteiger partial charge in [-0.2, -0.15) is 0 Å². The van der Waals surface area contributed by atoms with E-state index >= 15 is 0 Å². The van der Waals surface area contributed by atoms with Crippen molar-refractivity contribution in [3.63, 3.8) is 0 Å². The first-order valence-corrected chi connectivity index (χ1v) is 6.30. The summed E-state index contributed by atoms with van der Waals surface area (Å²) in [5, 5.41) is 3.24. The molecule has 0 radical (unpaired) electrons. The zero-order valence-electron chi connectivity index (χ0n) is 10.5. The van der Waals surface area contributed by atoms with E-state index in [1.54, 1.807) is 36.4 Å². The predicted octanol–water partition coefficient (Wildman–Crippen LogP) is 3.13. The van der Waals surface area contributed by atoms with Crippen LogP contribution >= 0.6 is 11.6 Å². The van der Waals surface area contributed by atoms with Crippen LogP contribution < -0.4 is 11.1 Å². The lowest BCUT2D eigenvalue weighted by Gasteiger charge is -2.08. The normalized spacial score (nSPS) is 10.2. The van der Waals surface area contributed by atoms with Gasteiger partial charge in [-0.25, -0.2) is 4.98 Å². The van der Waals surface area contributed by atoms with E-state index in [2.05, 4.69) is 10.3 Å². The van der Waals surface area contributed by atoms with Crippen molar-refractivity contribution in [2.24, 2.45) is 0 Å². The number of nitrogen functional groups attached to an aromatic ring is 1. The van der Waals surface area contributed by atoms with Crippen LogP contribution in [0.5, 0.6) is 0 Å². The zero-order chi connectivity index (χ0) is 13.8. The molecule has 2 rings (SSSR count). The van der Waals surface area contributed by atoms with E-state index in [4.69, 9.17) is 17.3 Å². The van der Waals surface area contributed by atoms with Crippen LogP contribution in [-0.2, 0) is 6.42 Å². The lowest BCUT2D eigenvalue weighted by molar-refractivity contribution is 0.102. The topological polar surface area (TPSA) is 68.0 Å². The van der Waals surface area contributed by atoms with Crippen molar-refractivity contribution in [2.45, 2.75) is 13.3 Å². The van der Waals surface area contributed by atoms with Gasteiger partial charge >= 0.3 is 0 Å². The quantitative estimate of drug-likeness (QED) is 0.904. The maximum atomic E-state index is 12.1. The summed E-state index contributed by atoms with van der Waals surface area (Å²) in [7, 11) is 0. The van der Waals surface area contributed by atoms with Gasteiger partial charge in [0.2, 0.25) is 0 Å². The molecule has 4 nitrogen and oxygen atoms in total. The minimum absolute atomic E-state index is 0.253. The summed E-state index contributed by atoms with van der Waals surface area (Å²) in [6.45, 7) is 1.96. The number of para-hydroxylation sites is 1. The number of aromatic nitrogens is 1. The highest BCUT2D eigenvalue weighted by molar-refractivity contribution is 6.33. The highest BCUT2D eigenvalue weighted by atomic mass is 35.5. The molecule has 0 bridgehead atoms. The van der Waals surface area contributed by atoms with E-state index < -0.39 is 0 Å². The van der Waals surface area contributed by atoms with Gasteiger partial charge in [0.15, 0.2) is 0 Å². The Balaban J connectivity index is 2.25. The van der Waals surface area contributed by atoms with Gasteiger partial charge in [0.05, 0.1) is 10.7 Å². The molecule has 1 aromatic heterocycles. The molecule has 0 spiro atoms. The standard InChI is InChI=1S/C14H14ClN3O/c1-2-10-7-9(8-13(16)17-10)14(19)18-12-6-4-3-5-11(12)15/h3-8H,2H2,1H3,(H2,16,17)(H,18,19). The molecule has 0 atom stereocenters. The van der Waals surface area contributed by atoms with Crippen LogP contribution in [0.25, 0.3) is 0 Å². The first-order valence-electron chi connectivity index (χ1n) is 5.92. The van der Waals surface area contributed by atoms with Gasteiger partial charge in [-0.05, 0) is 30.7 Å². The van der Waals surface area contributed by atoms with E-state index in [0.717, 1.165) is 12.1 Å². The summed E-state index contributed by atoms with van der Waals surface area (Å²) < 4.78 is 0. The Morgan fingerprint density at radius 2 is 2.11 bits per heavy atom. The fourth-order valence-electron chi connectivity index (χ4n) is 1.68. The van der Waals surface area contributed by atoms with Crippen molar-refractivity contribution >= 4 is 29.0 Å². The minimum Gasteiger partial charge on any atom is -0.384 e. The number of pyridine rings is 1. The number of halogens is 1. The summed E-state index contributed by atoms with van der Waals surface area (Å²) in [5.41, 5.74) is 7.51. The van der Waals surface area contributed by atoms with E-state index in [1.807, 2.05) is 6.92 Å². The van der Waals surface area contributed by atoms with Crippen LogP contribution in [0.2, 0.25) is 5.02 Å². The largest absolute Gasteiger partial charge is 0.384 e. The number of aryl methyl sites for hydroxylation is 1. The second kappa shape index (κ2) is 5.71. The van der Waals surface area contributed by atoms with Crippen LogP contribution in [0.4, 0.5) is 11.5 Å². The first-order chi connectivity index (χ1) is 9.10. The molecular weight excluding hydrogens is 262 g/mol. The lowest BCUT2D eigenvalue weighted by atomic mass is 10.1. The highest BCUT2D eigenvalue weighted by Crippen LogP contribution is 2.21. The third-order valence-corrected chi connectivity index (χ3v) is 2.97. The van der Waals surface area contributed by atoms with Crippen LogP contribution in [-0.4, -0.2) is 10.9 Å². The third kappa shape index (κ3) is 3.23. The number of carbonyl (C=O) groups excluding carboxylic acids is 1. The SMILES string of the molecule is CCc1cc(C(=O)Nc2ccccc2Cl)cc(N)n1. The van der Waals surface area contributed by atoms with Crippen molar-refractivity contribution in [2.75, 3.05) is 11.1 Å². The number of nitrogens with zero attached hydrogens (tertiary/aromatic N) is 1. The fraction of sp³-hybridized carbons (Fsp3) is 0.143. The summed E-state index contributed by atoms with van der Waals surface area (Å²) in [4.78, 5) is 16.3. The molecule has 0 fully saturated rings. The number of amides is 1. The lowest BCUT2D eigenvalue weighted by Crippen LogP contribution is -2.13. The highest BCUT2D eigenvalue weighted by Gasteiger charge is 2.10. The van der Waals surface area contributed by atoms with Gasteiger partial charge in [-0.1, -0.05) is 30.7 Å². The number of hydrogen-bond donors (Lipinski definition) is 2. The Labute approximate surface area is 116 Å². The van der Waals surface area contributed by atoms with Crippen molar-refractivity contribution in [3.05, 3.63) is 52.7 Å². The van der Waals surface area contributed by atoms with Crippen molar-refractivity contribution in [3.8, 4) is 0 Å². The Hall–Kier alpha value is -2.07. The van der Waals surface area contributed by atoms with E-state index in [-0.39, 0.29) is 5.91 Å². The second-order valence-corrected chi connectivity index (χ2v) is 4.47. The number of nitrogens with one attached hydrogen (secondary N) is 1. The van der Waals surface area contributed by atoms with E-state index in [0.29, 0.717) is 22.1 Å². The molecule has 0 saturated heterocycles. The minimum atomic E-state index is -0.253. The van der Waals surface area contributed by atoms with Gasteiger partial charge in [0.1, 0.15) is 5.82 Å². The molecule has 98 valence electrons. The zero-order valence-corrected chi connectivity index (χ0v) is 11.2. The molecular formula is C14H14ClN3O. The third-order valence-electron chi connectivity index (χ3n) is 2.64. The molecule has 0 saturated carbocycles. The van der Waals surface area contributed by atoms with Crippen LogP contribution in [0.1, 0.15) is 23.0 Å². The predicted molar refractivity (Wildman–Crippen MR) is 77.4 cm³/mol. The number of hydrogen-bond acceptors (Lipinski definition) is 3. The molecule has 1 heterocycles. The molecule has 3 N–H and O–H groups in total. The summed E-state index contributed by atoms with van der Waals surface area (Å²) in [6.07, 6.45) is 0.720. The number of carbonyl (C=O) groups is 1. The van der Waals surface area contributed by atoms with Gasteiger partial charge in [-0.15, -0.1) is 0 Å². The Kier molecular flexibility index (Phi) is 4.02. The number of rotatable bonds is 3. The second-order valence-electron chi connectivity index (χ2n) is 4.06. The smallest absolute Gasteiger partial charge is 0.255 e. The first kappa shape index (κ1) is 13.4. The number of benzene rings is 1. The maximum Gasteiger partial charge on any atom is 0.255 e. The molecule has 5 heteroatoms. The molecule has 19 heavy (non-hydrogen) atoms. The van der Waals surface area contributed by atoms with Crippen molar-refractivity contribution < 1.29 is 4.79 Å². The fourth-order valence-corrected chi connectivity index (χ4v) is 1.86. The van der Waals surface area contributed by atoms with Crippen LogP contribution in [0.15, 0.2) is 36.4 Å². The monoisotopic (exact) mass is 275 g/mol. The maximum absolute atomic E-state index is 12.1. The molecule has 2 aromatic rings. The Morgan fingerprint density at radius 1 is 1.37 bits per heavy atom. The van der Waals surface area contributed by atoms with Crippen LogP contribution in [0, 0.1) is 0 Å². The number of nitrogens with two attached hydrogens (primary N) is 1. The summed E-state index contributed by atoms with van der Waals surface area (Å²) in [5.74, 6) is 0.0839. The van der Waals surface area contributed by atoms with Gasteiger partial charge in [-0.3, -0.25) is 4.79 Å². The van der Waals surface area contributed by atoms with Gasteiger partial charge in [0.25, 0.3) is 5.91 Å². The molecule has 1 amide bonds. The van der Waals surface area contributed by atoms with E-state index in [1.165, 1.54) is 0 Å². The van der Waals surface area contributed by atoms with Gasteiger partial charge in [0, 0.05) is 11.3 Å². The molecule has 1 aromatic carbocycles. The summed E-state index contributed by atoms with van der Waals surface area (Å²) >= 11 is 5.99.